The number of hydrogen-bond acceptors (Lipinski definition) is 8. The molecule has 7 nitrogen and oxygen atoms in total. The minimum Gasteiger partial charge on any atom is -0.508 e. The number of hydrogen-bond donors (Lipinski definition) is 3. The first-order chi connectivity index (χ1) is 14.5. The summed E-state index contributed by atoms with van der Waals surface area (Å²) in [6.45, 7) is 3.82. The second kappa shape index (κ2) is 8.56. The summed E-state index contributed by atoms with van der Waals surface area (Å²) in [5, 5.41) is 15.3. The van der Waals surface area contributed by atoms with Crippen molar-refractivity contribution >= 4 is 34.3 Å². The molecule has 0 spiro atoms. The highest BCUT2D eigenvalue weighted by atomic mass is 35.5. The Kier molecular flexibility index (Phi) is 5.69. The predicted molar refractivity (Wildman–Crippen MR) is 119 cm³/mol. The molecule has 2 aromatic heterocycles. The molecule has 0 amide bonds. The molecule has 1 aliphatic heterocycles. The Labute approximate surface area is 182 Å². The number of aromatic hydroxyl groups is 1. The number of aryl methyl sites for hydroxylation is 1. The molecule has 4 rings (SSSR count). The van der Waals surface area contributed by atoms with E-state index in [0.29, 0.717) is 27.9 Å². The third-order valence-corrected chi connectivity index (χ3v) is 5.92. The van der Waals surface area contributed by atoms with Crippen LogP contribution in [0, 0.1) is 6.92 Å². The Hall–Kier alpha value is -3.36. The highest BCUT2D eigenvalue weighted by molar-refractivity contribution is 7.17. The molecule has 0 unspecified atom stereocenters. The minimum atomic E-state index is 0.133. The maximum atomic E-state index is 9.67. The molecule has 3 heterocycles. The average Bonchev–Trinajstić information content (AvgIpc) is 3.16. The van der Waals surface area contributed by atoms with Gasteiger partial charge in [0.15, 0.2) is 0 Å². The lowest BCUT2D eigenvalue weighted by molar-refractivity contribution is 0.197. The molecule has 0 aliphatic carbocycles. The number of oxime groups is 1. The van der Waals surface area contributed by atoms with Crippen LogP contribution in [0.1, 0.15) is 23.1 Å². The molecular weight excluding hydrogens is 422 g/mol. The Bertz CT molecular complexity index is 1170. The lowest BCUT2D eigenvalue weighted by Gasteiger charge is -2.18. The number of rotatable bonds is 5. The van der Waals surface area contributed by atoms with Gasteiger partial charge in [0.05, 0.1) is 27.0 Å². The molecule has 30 heavy (non-hydrogen) atoms. The summed E-state index contributed by atoms with van der Waals surface area (Å²) >= 11 is 7.74. The first kappa shape index (κ1) is 19.9. The van der Waals surface area contributed by atoms with Gasteiger partial charge in [-0.2, -0.15) is 0 Å². The molecule has 0 atom stereocenters. The molecule has 0 fully saturated rings. The van der Waals surface area contributed by atoms with E-state index >= 15 is 0 Å². The van der Waals surface area contributed by atoms with Gasteiger partial charge in [-0.15, -0.1) is 11.3 Å². The number of phenolic OH excluding ortho intramolecular Hbond substituents is 1. The van der Waals surface area contributed by atoms with Gasteiger partial charge in [-0.25, -0.2) is 4.98 Å². The van der Waals surface area contributed by atoms with Gasteiger partial charge in [0.1, 0.15) is 10.8 Å². The Morgan fingerprint density at radius 2 is 2.10 bits per heavy atom. The van der Waals surface area contributed by atoms with Gasteiger partial charge in [0, 0.05) is 29.6 Å². The Morgan fingerprint density at radius 3 is 2.83 bits per heavy atom. The van der Waals surface area contributed by atoms with Crippen molar-refractivity contribution in [1.29, 1.82) is 0 Å². The van der Waals surface area contributed by atoms with Crippen molar-refractivity contribution in [2.24, 2.45) is 5.16 Å². The standard InChI is InChI=1S/C21H18ClN5O2S/c1-12-20(30-21(24-12)14-4-3-9-23-11-14)13(2)27-29-19-8-7-18(25-26-19)16-10-15(28)5-6-17(16)22/h3-11,25-26,28H,1-2H3/b27-13+. The fraction of sp³-hybridized carbons (Fsp3) is 0.0952. The lowest BCUT2D eigenvalue weighted by atomic mass is 10.1. The van der Waals surface area contributed by atoms with Crippen LogP contribution >= 0.6 is 22.9 Å². The number of nitrogens with one attached hydrogen (secondary N) is 2. The average molecular weight is 440 g/mol. The number of aromatic nitrogens is 2. The van der Waals surface area contributed by atoms with Crippen LogP contribution in [0.2, 0.25) is 5.02 Å². The molecule has 1 aromatic carbocycles. The number of allylic oxidation sites excluding steroid dienone is 2. The van der Waals surface area contributed by atoms with Gasteiger partial charge in [0.25, 0.3) is 0 Å². The van der Waals surface area contributed by atoms with Crippen molar-refractivity contribution in [1.82, 2.24) is 20.8 Å². The monoisotopic (exact) mass is 439 g/mol. The largest absolute Gasteiger partial charge is 0.508 e. The zero-order chi connectivity index (χ0) is 21.1. The lowest BCUT2D eigenvalue weighted by Crippen LogP contribution is -2.32. The van der Waals surface area contributed by atoms with Crippen molar-refractivity contribution in [3.63, 3.8) is 0 Å². The van der Waals surface area contributed by atoms with E-state index in [1.807, 2.05) is 26.0 Å². The second-order valence-electron chi connectivity index (χ2n) is 6.47. The van der Waals surface area contributed by atoms with Crippen LogP contribution in [-0.2, 0) is 4.84 Å². The van der Waals surface area contributed by atoms with Crippen LogP contribution in [0.15, 0.2) is 65.9 Å². The van der Waals surface area contributed by atoms with Crippen LogP contribution in [0.5, 0.6) is 5.75 Å². The van der Waals surface area contributed by atoms with Gasteiger partial charge in [-0.05, 0) is 50.3 Å². The van der Waals surface area contributed by atoms with E-state index in [0.717, 1.165) is 21.1 Å². The number of halogens is 1. The van der Waals surface area contributed by atoms with Crippen molar-refractivity contribution in [2.45, 2.75) is 13.8 Å². The molecule has 3 aromatic rings. The highest BCUT2D eigenvalue weighted by Gasteiger charge is 2.14. The van der Waals surface area contributed by atoms with Crippen molar-refractivity contribution < 1.29 is 9.94 Å². The molecule has 3 N–H and O–H groups in total. The van der Waals surface area contributed by atoms with Gasteiger partial charge in [0.2, 0.25) is 5.88 Å². The normalized spacial score (nSPS) is 13.8. The summed E-state index contributed by atoms with van der Waals surface area (Å²) in [6, 6.07) is 8.61. The Balaban J connectivity index is 1.49. The van der Waals surface area contributed by atoms with E-state index in [2.05, 4.69) is 26.0 Å². The predicted octanol–water partition coefficient (Wildman–Crippen LogP) is 4.60. The molecule has 1 aliphatic rings. The maximum Gasteiger partial charge on any atom is 0.241 e. The number of benzene rings is 1. The molecule has 0 bridgehead atoms. The summed E-state index contributed by atoms with van der Waals surface area (Å²) in [6.07, 6.45) is 7.04. The summed E-state index contributed by atoms with van der Waals surface area (Å²) in [5.74, 6) is 0.554. The fourth-order valence-corrected chi connectivity index (χ4v) is 4.02. The van der Waals surface area contributed by atoms with Gasteiger partial charge in [-0.1, -0.05) is 16.8 Å². The SMILES string of the molecule is C/C(=N\OC1=CC=C(c2cc(O)ccc2Cl)NN1)c1sc(-c2cccnc2)nc1C. The van der Waals surface area contributed by atoms with Crippen molar-refractivity contribution in [2.75, 3.05) is 0 Å². The first-order valence-corrected chi connectivity index (χ1v) is 10.2. The summed E-state index contributed by atoms with van der Waals surface area (Å²) in [7, 11) is 0. The van der Waals surface area contributed by atoms with Crippen LogP contribution < -0.4 is 10.9 Å². The van der Waals surface area contributed by atoms with E-state index in [4.69, 9.17) is 16.4 Å². The van der Waals surface area contributed by atoms with E-state index < -0.39 is 0 Å². The van der Waals surface area contributed by atoms with Gasteiger partial charge < -0.3 is 9.94 Å². The summed E-state index contributed by atoms with van der Waals surface area (Å²) < 4.78 is 0. The number of pyridine rings is 1. The van der Waals surface area contributed by atoms with Crippen molar-refractivity contribution in [3.05, 3.63) is 81.9 Å². The van der Waals surface area contributed by atoms with Crippen LogP contribution in [0.3, 0.4) is 0 Å². The third-order valence-electron chi connectivity index (χ3n) is 4.28. The van der Waals surface area contributed by atoms with E-state index in [1.165, 1.54) is 6.07 Å². The zero-order valence-electron chi connectivity index (χ0n) is 16.2. The first-order valence-electron chi connectivity index (χ1n) is 9.04. The zero-order valence-corrected chi connectivity index (χ0v) is 17.8. The molecule has 152 valence electrons. The maximum absolute atomic E-state index is 9.67. The second-order valence-corrected chi connectivity index (χ2v) is 7.87. The van der Waals surface area contributed by atoms with E-state index in [1.54, 1.807) is 48.0 Å². The minimum absolute atomic E-state index is 0.133. The van der Waals surface area contributed by atoms with Gasteiger partial charge in [-0.3, -0.25) is 15.8 Å². The quantitative estimate of drug-likeness (QED) is 0.397. The highest BCUT2D eigenvalue weighted by Crippen LogP contribution is 2.29. The molecule has 0 saturated heterocycles. The molecular formula is C21H18ClN5O2S. The Morgan fingerprint density at radius 1 is 1.23 bits per heavy atom. The van der Waals surface area contributed by atoms with Crippen LogP contribution in [-0.4, -0.2) is 20.8 Å². The molecule has 9 heteroatoms. The summed E-state index contributed by atoms with van der Waals surface area (Å²) in [5.41, 5.74) is 9.84. The van der Waals surface area contributed by atoms with Crippen molar-refractivity contribution in [3.8, 4) is 16.3 Å². The van der Waals surface area contributed by atoms with Gasteiger partial charge >= 0.3 is 0 Å². The number of phenols is 1. The number of hydrazine groups is 1. The van der Waals surface area contributed by atoms with E-state index in [-0.39, 0.29) is 5.75 Å². The van der Waals surface area contributed by atoms with Crippen LogP contribution in [0.25, 0.3) is 16.3 Å². The fourth-order valence-electron chi connectivity index (χ4n) is 2.81. The summed E-state index contributed by atoms with van der Waals surface area (Å²) in [4.78, 5) is 15.2. The molecule has 0 radical (unpaired) electrons. The number of nitrogens with zero attached hydrogens (tertiary/aromatic N) is 3. The topological polar surface area (TPSA) is 91.7 Å². The number of thiazole rings is 1. The smallest absolute Gasteiger partial charge is 0.241 e. The van der Waals surface area contributed by atoms with E-state index in [9.17, 15) is 5.11 Å². The van der Waals surface area contributed by atoms with Crippen LogP contribution in [0.4, 0.5) is 0 Å². The third kappa shape index (κ3) is 4.29. The molecule has 0 saturated carbocycles.